The zero-order chi connectivity index (χ0) is 17.4. The van der Waals surface area contributed by atoms with E-state index in [9.17, 15) is 0 Å². The lowest BCUT2D eigenvalue weighted by Gasteiger charge is -2.23. The molecular weight excluding hydrogens is 334 g/mol. The average molecular weight is 355 g/mol. The van der Waals surface area contributed by atoms with Crippen LogP contribution in [-0.2, 0) is 4.74 Å². The summed E-state index contributed by atoms with van der Waals surface area (Å²) in [4.78, 5) is 0. The second-order valence-corrected chi connectivity index (χ2v) is 7.10. The van der Waals surface area contributed by atoms with Gasteiger partial charge in [-0.05, 0) is 50.2 Å². The zero-order valence-corrected chi connectivity index (χ0v) is 15.2. The summed E-state index contributed by atoms with van der Waals surface area (Å²) in [5, 5.41) is 3.04. The summed E-state index contributed by atoms with van der Waals surface area (Å²) in [6, 6.07) is 18.1. The van der Waals surface area contributed by atoms with Crippen molar-refractivity contribution in [3.05, 3.63) is 65.0 Å². The van der Waals surface area contributed by atoms with Gasteiger partial charge in [0.15, 0.2) is 13.1 Å². The van der Waals surface area contributed by atoms with Crippen LogP contribution < -0.4 is 9.93 Å². The molecule has 0 bridgehead atoms. The van der Waals surface area contributed by atoms with Crippen LogP contribution in [-0.4, -0.2) is 25.3 Å². The topological polar surface area (TPSA) is 25.4 Å². The Morgan fingerprint density at radius 3 is 2.36 bits per heavy atom. The fraction of sp³-hybridized carbons (Fsp3) is 0.286. The van der Waals surface area contributed by atoms with E-state index in [2.05, 4.69) is 36.6 Å². The van der Waals surface area contributed by atoms with E-state index < -0.39 is 0 Å². The molecule has 3 nitrogen and oxygen atoms in total. The van der Waals surface area contributed by atoms with E-state index in [1.807, 2.05) is 36.4 Å². The number of ether oxygens (including phenoxy) is 1. The van der Waals surface area contributed by atoms with Gasteiger partial charge in [-0.1, -0.05) is 23.7 Å². The maximum absolute atomic E-state index is 6.17. The van der Waals surface area contributed by atoms with E-state index in [4.69, 9.17) is 20.8 Å². The predicted molar refractivity (Wildman–Crippen MR) is 102 cm³/mol. The zero-order valence-electron chi connectivity index (χ0n) is 14.4. The van der Waals surface area contributed by atoms with Crippen LogP contribution >= 0.6 is 11.6 Å². The number of benzene rings is 2. The molecule has 0 amide bonds. The molecule has 3 aromatic rings. The summed E-state index contributed by atoms with van der Waals surface area (Å²) >= 11 is 6.03. The Morgan fingerprint density at radius 1 is 0.960 bits per heavy atom. The van der Waals surface area contributed by atoms with Crippen molar-refractivity contribution in [2.75, 3.05) is 13.1 Å². The largest absolute Gasteiger partial charge is 0.456 e. The van der Waals surface area contributed by atoms with Crippen molar-refractivity contribution >= 4 is 22.6 Å². The molecule has 2 unspecified atom stereocenters. The molecule has 2 aromatic carbocycles. The van der Waals surface area contributed by atoms with Crippen molar-refractivity contribution in [2.24, 2.45) is 0 Å². The van der Waals surface area contributed by atoms with Crippen molar-refractivity contribution in [2.45, 2.75) is 26.1 Å². The van der Waals surface area contributed by atoms with Gasteiger partial charge in [0.05, 0.1) is 11.5 Å². The Balaban J connectivity index is 1.98. The van der Waals surface area contributed by atoms with Gasteiger partial charge in [-0.3, -0.25) is 0 Å². The molecule has 0 N–H and O–H groups in total. The van der Waals surface area contributed by atoms with E-state index >= 15 is 0 Å². The number of morpholine rings is 1. The van der Waals surface area contributed by atoms with Crippen LogP contribution in [0.5, 0.6) is 0 Å². The van der Waals surface area contributed by atoms with Gasteiger partial charge in [0, 0.05) is 10.6 Å². The summed E-state index contributed by atoms with van der Waals surface area (Å²) in [7, 11) is 0. The number of fused-ring (bicyclic) bond motifs is 1. The van der Waals surface area contributed by atoms with Gasteiger partial charge >= 0.3 is 0 Å². The maximum Gasteiger partial charge on any atom is 0.214 e. The van der Waals surface area contributed by atoms with Crippen LogP contribution in [0.15, 0.2) is 59.0 Å². The molecule has 2 atom stereocenters. The molecule has 25 heavy (non-hydrogen) atoms. The first kappa shape index (κ1) is 16.4. The molecule has 1 aliphatic rings. The highest BCUT2D eigenvalue weighted by Gasteiger charge is 2.26. The van der Waals surface area contributed by atoms with Crippen LogP contribution in [0.25, 0.3) is 22.3 Å². The monoisotopic (exact) mass is 354 g/mol. The third kappa shape index (κ3) is 3.35. The molecule has 1 saturated heterocycles. The SMILES string of the molecule is CC1C[N+](=c2cc(-c3ccc(Cl)cc3)oc3ccccc23)CC(C)O1. The number of rotatable bonds is 1. The fourth-order valence-electron chi connectivity index (χ4n) is 3.51. The molecule has 128 valence electrons. The number of halogens is 1. The molecule has 4 rings (SSSR count). The molecule has 1 fully saturated rings. The summed E-state index contributed by atoms with van der Waals surface area (Å²) in [5.74, 6) is 0.845. The number of para-hydroxylation sites is 1. The first-order valence-electron chi connectivity index (χ1n) is 8.62. The lowest BCUT2D eigenvalue weighted by atomic mass is 10.1. The highest BCUT2D eigenvalue weighted by atomic mass is 35.5. The summed E-state index contributed by atoms with van der Waals surface area (Å²) in [6.07, 6.45) is 0.414. The average Bonchev–Trinajstić information content (AvgIpc) is 2.60. The van der Waals surface area contributed by atoms with Crippen LogP contribution in [0.1, 0.15) is 13.8 Å². The Hall–Kier alpha value is -2.10. The number of hydrogen-bond donors (Lipinski definition) is 0. The highest BCUT2D eigenvalue weighted by molar-refractivity contribution is 6.30. The second kappa shape index (κ2) is 6.66. The minimum absolute atomic E-state index is 0.207. The number of nitrogens with zero attached hydrogens (tertiary/aromatic N) is 1. The van der Waals surface area contributed by atoms with Crippen LogP contribution in [0, 0.1) is 0 Å². The maximum atomic E-state index is 6.17. The summed E-state index contributed by atoms with van der Waals surface area (Å²) in [5.41, 5.74) is 1.91. The Morgan fingerprint density at radius 2 is 1.64 bits per heavy atom. The molecule has 2 heterocycles. The van der Waals surface area contributed by atoms with Crippen molar-refractivity contribution in [3.8, 4) is 11.3 Å². The van der Waals surface area contributed by atoms with Gasteiger partial charge in [-0.2, -0.15) is 0 Å². The Kier molecular flexibility index (Phi) is 4.36. The fourth-order valence-corrected chi connectivity index (χ4v) is 3.64. The van der Waals surface area contributed by atoms with Crippen LogP contribution in [0.4, 0.5) is 0 Å². The van der Waals surface area contributed by atoms with Crippen molar-refractivity contribution in [1.82, 2.24) is 4.58 Å². The van der Waals surface area contributed by atoms with Crippen LogP contribution in [0.2, 0.25) is 5.02 Å². The van der Waals surface area contributed by atoms with Crippen LogP contribution in [0.3, 0.4) is 0 Å². The van der Waals surface area contributed by atoms with Gasteiger partial charge in [-0.25, -0.2) is 4.58 Å². The third-order valence-electron chi connectivity index (χ3n) is 4.54. The first-order valence-corrected chi connectivity index (χ1v) is 9.00. The van der Waals surface area contributed by atoms with E-state index in [0.29, 0.717) is 0 Å². The molecule has 0 aliphatic carbocycles. The summed E-state index contributed by atoms with van der Waals surface area (Å²) in [6.45, 7) is 5.99. The number of hydrogen-bond acceptors (Lipinski definition) is 2. The standard InChI is InChI=1S/C21H21ClNO2/c1-14-12-23(13-15(2)24-14)19-11-21(16-7-9-17(22)10-8-16)25-20-6-4-3-5-18(19)20/h3-11,14-15H,12-13H2,1-2H3/q+1. The van der Waals surface area contributed by atoms with Gasteiger partial charge in [0.2, 0.25) is 5.36 Å². The highest BCUT2D eigenvalue weighted by Crippen LogP contribution is 2.23. The normalized spacial score (nSPS) is 20.8. The first-order chi connectivity index (χ1) is 12.1. The minimum Gasteiger partial charge on any atom is -0.456 e. The van der Waals surface area contributed by atoms with Crippen molar-refractivity contribution in [1.29, 1.82) is 0 Å². The smallest absolute Gasteiger partial charge is 0.214 e. The molecule has 1 aromatic heterocycles. The lowest BCUT2D eigenvalue weighted by Crippen LogP contribution is -2.47. The van der Waals surface area contributed by atoms with Crippen molar-refractivity contribution in [3.63, 3.8) is 0 Å². The molecule has 0 saturated carbocycles. The summed E-state index contributed by atoms with van der Waals surface area (Å²) < 4.78 is 14.5. The predicted octanol–water partition coefficient (Wildman–Crippen LogP) is 4.33. The van der Waals surface area contributed by atoms with E-state index in [0.717, 1.165) is 40.4 Å². The molecule has 0 radical (unpaired) electrons. The third-order valence-corrected chi connectivity index (χ3v) is 4.79. The second-order valence-electron chi connectivity index (χ2n) is 6.66. The van der Waals surface area contributed by atoms with Gasteiger partial charge in [0.25, 0.3) is 0 Å². The van der Waals surface area contributed by atoms with Gasteiger partial charge in [-0.15, -0.1) is 0 Å². The quantitative estimate of drug-likeness (QED) is 0.608. The van der Waals surface area contributed by atoms with E-state index in [1.165, 1.54) is 5.36 Å². The lowest BCUT2D eigenvalue weighted by molar-refractivity contribution is -0.0261. The molecule has 4 heteroatoms. The van der Waals surface area contributed by atoms with Gasteiger partial charge in [0.1, 0.15) is 23.6 Å². The minimum atomic E-state index is 0.207. The molecule has 0 spiro atoms. The Labute approximate surface area is 152 Å². The Bertz CT molecular complexity index is 963. The molecular formula is C21H21ClNO2+. The van der Waals surface area contributed by atoms with Gasteiger partial charge < -0.3 is 9.15 Å². The van der Waals surface area contributed by atoms with E-state index in [-0.39, 0.29) is 12.2 Å². The van der Waals surface area contributed by atoms with E-state index in [1.54, 1.807) is 0 Å². The molecule has 1 aliphatic heterocycles. The van der Waals surface area contributed by atoms with Crippen molar-refractivity contribution < 1.29 is 9.15 Å².